The molecule has 26 heavy (non-hydrogen) atoms. The second-order valence-corrected chi connectivity index (χ2v) is 7.42. The Bertz CT molecular complexity index is 995. The third kappa shape index (κ3) is 3.48. The topological polar surface area (TPSA) is 105 Å². The van der Waals surface area contributed by atoms with Gasteiger partial charge in [-0.2, -0.15) is 13.4 Å². The number of carbonyl (C=O) groups excluding carboxylic acids is 1. The van der Waals surface area contributed by atoms with Crippen molar-refractivity contribution in [3.63, 3.8) is 0 Å². The molecule has 0 N–H and O–H groups in total. The molecule has 0 aliphatic carbocycles. The molecular weight excluding hydrogens is 360 g/mol. The fraction of sp³-hybridized carbons (Fsp3) is 0.353. The molecule has 1 atom stereocenters. The number of carbonyl (C=O) groups is 1. The summed E-state index contributed by atoms with van der Waals surface area (Å²) < 4.78 is 35.9. The van der Waals surface area contributed by atoms with Crippen LogP contribution in [0.3, 0.4) is 0 Å². The first-order chi connectivity index (χ1) is 12.3. The van der Waals surface area contributed by atoms with Crippen molar-refractivity contribution < 1.29 is 22.1 Å². The van der Waals surface area contributed by atoms with E-state index in [-0.39, 0.29) is 17.4 Å². The molecule has 0 fully saturated rings. The molecule has 3 rings (SSSR count). The van der Waals surface area contributed by atoms with Crippen molar-refractivity contribution in [1.82, 2.24) is 9.55 Å². The molecule has 1 aromatic carbocycles. The van der Waals surface area contributed by atoms with Gasteiger partial charge in [0.05, 0.1) is 12.7 Å². The van der Waals surface area contributed by atoms with Gasteiger partial charge in [-0.05, 0) is 32.4 Å². The largest absolute Gasteiger partial charge is 0.464 e. The van der Waals surface area contributed by atoms with E-state index in [1.807, 2.05) is 6.92 Å². The minimum absolute atomic E-state index is 0.0325. The minimum atomic E-state index is -4.11. The molecule has 1 aliphatic heterocycles. The van der Waals surface area contributed by atoms with Crippen LogP contribution in [0.15, 0.2) is 40.0 Å². The zero-order valence-corrected chi connectivity index (χ0v) is 15.2. The van der Waals surface area contributed by atoms with E-state index in [0.717, 1.165) is 11.6 Å². The first-order valence-electron chi connectivity index (χ1n) is 8.12. The van der Waals surface area contributed by atoms with Crippen LogP contribution in [0.25, 0.3) is 0 Å². The van der Waals surface area contributed by atoms with E-state index in [1.165, 1.54) is 16.7 Å². The Morgan fingerprint density at radius 3 is 2.65 bits per heavy atom. The monoisotopic (exact) mass is 378 g/mol. The summed E-state index contributed by atoms with van der Waals surface area (Å²) in [7, 11) is -4.11. The Morgan fingerprint density at radius 1 is 1.31 bits per heavy atom. The molecule has 138 valence electrons. The van der Waals surface area contributed by atoms with Gasteiger partial charge < -0.3 is 8.92 Å². The number of aryl methyl sites for hydroxylation is 2. The molecule has 0 saturated carbocycles. The van der Waals surface area contributed by atoms with Gasteiger partial charge in [-0.1, -0.05) is 17.7 Å². The predicted octanol–water partition coefficient (Wildman–Crippen LogP) is 1.37. The maximum Gasteiger partial charge on any atom is 0.340 e. The normalized spacial score (nSPS) is 16.2. The van der Waals surface area contributed by atoms with E-state index in [2.05, 4.69) is 4.98 Å². The summed E-state index contributed by atoms with van der Waals surface area (Å²) >= 11 is 0. The van der Waals surface area contributed by atoms with Crippen molar-refractivity contribution >= 4 is 16.1 Å². The number of aromatic nitrogens is 2. The van der Waals surface area contributed by atoms with Crippen molar-refractivity contribution in [2.24, 2.45) is 0 Å². The standard InChI is InChI=1S/C17H18N2O6S/c1-3-24-17(21)13-8-9-14-18-15(10-16(20)19(13)14)25-26(22,23)12-6-4-11(2)5-7-12/h4-7,10,13H,3,8-9H2,1-2H3/t13-/m0/s1. The molecule has 2 heterocycles. The average molecular weight is 378 g/mol. The molecule has 0 saturated heterocycles. The summed E-state index contributed by atoms with van der Waals surface area (Å²) in [6.45, 7) is 3.73. The van der Waals surface area contributed by atoms with Gasteiger partial charge in [-0.3, -0.25) is 9.36 Å². The molecule has 0 radical (unpaired) electrons. The molecule has 2 aromatic rings. The van der Waals surface area contributed by atoms with Gasteiger partial charge in [0.1, 0.15) is 16.8 Å². The Morgan fingerprint density at radius 2 is 2.00 bits per heavy atom. The molecule has 9 heteroatoms. The number of hydrogen-bond acceptors (Lipinski definition) is 7. The van der Waals surface area contributed by atoms with Crippen LogP contribution in [0.1, 0.15) is 30.8 Å². The molecule has 0 spiro atoms. The Hall–Kier alpha value is -2.68. The smallest absolute Gasteiger partial charge is 0.340 e. The highest BCUT2D eigenvalue weighted by molar-refractivity contribution is 7.87. The maximum atomic E-state index is 12.4. The first-order valence-corrected chi connectivity index (χ1v) is 9.53. The number of nitrogens with zero attached hydrogens (tertiary/aromatic N) is 2. The summed E-state index contributed by atoms with van der Waals surface area (Å²) in [6.07, 6.45) is 0.718. The number of fused-ring (bicyclic) bond motifs is 1. The predicted molar refractivity (Wildman–Crippen MR) is 91.5 cm³/mol. The minimum Gasteiger partial charge on any atom is -0.464 e. The van der Waals surface area contributed by atoms with Crippen LogP contribution in [0.2, 0.25) is 0 Å². The molecule has 1 aliphatic rings. The Balaban J connectivity index is 1.90. The Kier molecular flexibility index (Phi) is 4.82. The quantitative estimate of drug-likeness (QED) is 0.571. The van der Waals surface area contributed by atoms with E-state index in [4.69, 9.17) is 8.92 Å². The second-order valence-electron chi connectivity index (χ2n) is 5.88. The van der Waals surface area contributed by atoms with Crippen LogP contribution < -0.4 is 9.74 Å². The van der Waals surface area contributed by atoms with Crippen molar-refractivity contribution in [3.05, 3.63) is 52.1 Å². The number of rotatable bonds is 5. The molecule has 0 bridgehead atoms. The molecular formula is C17H18N2O6S. The van der Waals surface area contributed by atoms with E-state index in [1.54, 1.807) is 19.1 Å². The highest BCUT2D eigenvalue weighted by atomic mass is 32.2. The third-order valence-electron chi connectivity index (χ3n) is 4.02. The van der Waals surface area contributed by atoms with Gasteiger partial charge in [-0.25, -0.2) is 4.79 Å². The second kappa shape index (κ2) is 6.91. The van der Waals surface area contributed by atoms with E-state index >= 15 is 0 Å². The lowest BCUT2D eigenvalue weighted by Crippen LogP contribution is -2.29. The molecule has 0 amide bonds. The summed E-state index contributed by atoms with van der Waals surface area (Å²) in [5.41, 5.74) is 0.350. The molecule has 8 nitrogen and oxygen atoms in total. The average Bonchev–Trinajstić information content (AvgIpc) is 2.99. The van der Waals surface area contributed by atoms with Crippen molar-refractivity contribution in [2.75, 3.05) is 6.61 Å². The zero-order valence-electron chi connectivity index (χ0n) is 14.3. The zero-order chi connectivity index (χ0) is 18.9. The van der Waals surface area contributed by atoms with Gasteiger partial charge in [0.15, 0.2) is 0 Å². The van der Waals surface area contributed by atoms with Crippen LogP contribution in [0.4, 0.5) is 0 Å². The van der Waals surface area contributed by atoms with E-state index in [9.17, 15) is 18.0 Å². The maximum absolute atomic E-state index is 12.4. The van der Waals surface area contributed by atoms with Gasteiger partial charge in [0.2, 0.25) is 5.88 Å². The highest BCUT2D eigenvalue weighted by Crippen LogP contribution is 2.25. The lowest BCUT2D eigenvalue weighted by Gasteiger charge is -2.13. The highest BCUT2D eigenvalue weighted by Gasteiger charge is 2.32. The first kappa shape index (κ1) is 18.1. The van der Waals surface area contributed by atoms with Gasteiger partial charge >= 0.3 is 16.1 Å². The number of benzene rings is 1. The lowest BCUT2D eigenvalue weighted by atomic mass is 10.2. The SMILES string of the molecule is CCOC(=O)[C@@H]1CCc2nc(OS(=O)(=O)c3ccc(C)cc3)cc(=O)n21. The van der Waals surface area contributed by atoms with Crippen LogP contribution in [0, 0.1) is 6.92 Å². The Labute approximate surface area is 150 Å². The molecule has 0 unspecified atom stereocenters. The van der Waals surface area contributed by atoms with Gasteiger partial charge in [-0.15, -0.1) is 0 Å². The number of hydrogen-bond donors (Lipinski definition) is 0. The lowest BCUT2D eigenvalue weighted by molar-refractivity contribution is -0.147. The summed E-state index contributed by atoms with van der Waals surface area (Å²) in [4.78, 5) is 28.4. The van der Waals surface area contributed by atoms with Crippen molar-refractivity contribution in [3.8, 4) is 5.88 Å². The van der Waals surface area contributed by atoms with E-state index in [0.29, 0.717) is 18.7 Å². The molecule has 1 aromatic heterocycles. The van der Waals surface area contributed by atoms with Crippen LogP contribution in [0.5, 0.6) is 5.88 Å². The van der Waals surface area contributed by atoms with Crippen LogP contribution >= 0.6 is 0 Å². The van der Waals surface area contributed by atoms with E-state index < -0.39 is 27.7 Å². The summed E-state index contributed by atoms with van der Waals surface area (Å²) in [5, 5.41) is 0. The fourth-order valence-corrected chi connectivity index (χ4v) is 3.67. The van der Waals surface area contributed by atoms with Crippen LogP contribution in [-0.4, -0.2) is 30.5 Å². The summed E-state index contributed by atoms with van der Waals surface area (Å²) in [5.74, 6) is -0.521. The van der Waals surface area contributed by atoms with Crippen molar-refractivity contribution in [1.29, 1.82) is 0 Å². The van der Waals surface area contributed by atoms with Crippen molar-refractivity contribution in [2.45, 2.75) is 37.6 Å². The van der Waals surface area contributed by atoms with Gasteiger partial charge in [0.25, 0.3) is 5.56 Å². The third-order valence-corrected chi connectivity index (χ3v) is 5.26. The number of esters is 1. The van der Waals surface area contributed by atoms with Crippen LogP contribution in [-0.2, 0) is 26.1 Å². The fourth-order valence-electron chi connectivity index (χ4n) is 2.79. The van der Waals surface area contributed by atoms with Gasteiger partial charge in [0, 0.05) is 6.42 Å². The summed E-state index contributed by atoms with van der Waals surface area (Å²) in [6, 6.07) is 6.35. The number of ether oxygens (including phenoxy) is 1.